The molecule has 0 amide bonds. The molecule has 0 atom stereocenters. The molecule has 0 saturated carbocycles. The lowest BCUT2D eigenvalue weighted by atomic mass is 10.8. The highest BCUT2D eigenvalue weighted by Gasteiger charge is 1.94. The van der Waals surface area contributed by atoms with Gasteiger partial charge in [-0.05, 0) is 12.3 Å². The van der Waals surface area contributed by atoms with Gasteiger partial charge in [-0.25, -0.2) is 0 Å². The minimum absolute atomic E-state index is 1.01. The van der Waals surface area contributed by atoms with Crippen LogP contribution in [0.1, 0.15) is 0 Å². The van der Waals surface area contributed by atoms with E-state index in [0.717, 1.165) is 13.2 Å². The molecule has 0 aliphatic carbocycles. The second-order valence-corrected chi connectivity index (χ2v) is 2.86. The van der Waals surface area contributed by atoms with Gasteiger partial charge in [0.05, 0.1) is 13.2 Å². The van der Waals surface area contributed by atoms with Crippen LogP contribution >= 0.6 is 8.58 Å². The molecule has 0 aromatic rings. The highest BCUT2D eigenvalue weighted by molar-refractivity contribution is 7.38. The van der Waals surface area contributed by atoms with Crippen LogP contribution in [0.4, 0.5) is 0 Å². The van der Waals surface area contributed by atoms with E-state index in [-0.39, 0.29) is 0 Å². The summed E-state index contributed by atoms with van der Waals surface area (Å²) >= 11 is 0. The van der Waals surface area contributed by atoms with E-state index in [4.69, 9.17) is 4.74 Å². The Hall–Kier alpha value is 0.390. The first-order valence-corrected chi connectivity index (χ1v) is 3.70. The molecule has 1 heterocycles. The molecule has 0 N–H and O–H groups in total. The van der Waals surface area contributed by atoms with Crippen molar-refractivity contribution in [3.05, 3.63) is 0 Å². The molecule has 0 unspecified atom stereocenters. The van der Waals surface area contributed by atoms with Crippen molar-refractivity contribution in [3.63, 3.8) is 0 Å². The molecule has 2 heteroatoms. The number of hydrogen-bond donors (Lipinski definition) is 0. The van der Waals surface area contributed by atoms with Gasteiger partial charge in [0.2, 0.25) is 0 Å². The molecule has 0 aromatic carbocycles. The third-order valence-corrected chi connectivity index (χ3v) is 1.96. The Morgan fingerprint density at radius 3 is 2.00 bits per heavy atom. The lowest BCUT2D eigenvalue weighted by Crippen LogP contribution is -2.06. The van der Waals surface area contributed by atoms with Crippen molar-refractivity contribution in [2.75, 3.05) is 25.5 Å². The standard InChI is InChI=1S/C4H9OP/c1-3-6-4-2-5-1/h6H,1-4H2. The van der Waals surface area contributed by atoms with E-state index in [9.17, 15) is 0 Å². The van der Waals surface area contributed by atoms with Crippen LogP contribution in [0.15, 0.2) is 0 Å². The average molecular weight is 104 g/mol. The van der Waals surface area contributed by atoms with E-state index in [1.165, 1.54) is 20.9 Å². The normalized spacial score (nSPS) is 24.0. The van der Waals surface area contributed by atoms with Gasteiger partial charge in [0, 0.05) is 0 Å². The van der Waals surface area contributed by atoms with E-state index in [1.54, 1.807) is 0 Å². The molecule has 1 nitrogen and oxygen atoms in total. The second kappa shape index (κ2) is 2.54. The maximum absolute atomic E-state index is 5.08. The summed E-state index contributed by atoms with van der Waals surface area (Å²) in [6, 6.07) is 0. The minimum Gasteiger partial charge on any atom is -0.381 e. The fraction of sp³-hybridized carbons (Fsp3) is 1.00. The lowest BCUT2D eigenvalue weighted by Gasteiger charge is -2.08. The molecular weight excluding hydrogens is 95.0 g/mol. The summed E-state index contributed by atoms with van der Waals surface area (Å²) in [7, 11) is 1.18. The quantitative estimate of drug-likeness (QED) is 0.411. The Bertz CT molecular complexity index is 23.0. The molecular formula is C4H9OP. The Kier molecular flexibility index (Phi) is 1.93. The fourth-order valence-corrected chi connectivity index (χ4v) is 1.34. The first kappa shape index (κ1) is 4.55. The summed E-state index contributed by atoms with van der Waals surface area (Å²) in [4.78, 5) is 0. The maximum Gasteiger partial charge on any atom is 0.0503 e. The molecule has 36 valence electrons. The van der Waals surface area contributed by atoms with Crippen molar-refractivity contribution in [1.82, 2.24) is 0 Å². The van der Waals surface area contributed by atoms with Gasteiger partial charge in [0.25, 0.3) is 0 Å². The third-order valence-electron chi connectivity index (χ3n) is 0.846. The molecule has 1 saturated heterocycles. The van der Waals surface area contributed by atoms with Crippen LogP contribution in [0.25, 0.3) is 0 Å². The maximum atomic E-state index is 5.08. The summed E-state index contributed by atoms with van der Waals surface area (Å²) < 4.78 is 5.08. The summed E-state index contributed by atoms with van der Waals surface area (Å²) in [6.45, 7) is 2.02. The van der Waals surface area contributed by atoms with Crippen LogP contribution in [0.3, 0.4) is 0 Å². The second-order valence-electron chi connectivity index (χ2n) is 1.36. The minimum atomic E-state index is 1.01. The monoisotopic (exact) mass is 104 g/mol. The smallest absolute Gasteiger partial charge is 0.0503 e. The van der Waals surface area contributed by atoms with Gasteiger partial charge in [-0.3, -0.25) is 0 Å². The predicted molar refractivity (Wildman–Crippen MR) is 28.9 cm³/mol. The van der Waals surface area contributed by atoms with Gasteiger partial charge >= 0.3 is 0 Å². The summed E-state index contributed by atoms with van der Waals surface area (Å²) in [5, 5.41) is 0. The van der Waals surface area contributed by atoms with Gasteiger partial charge in [-0.1, -0.05) is 0 Å². The van der Waals surface area contributed by atoms with Crippen molar-refractivity contribution in [2.45, 2.75) is 0 Å². The molecule has 1 aliphatic rings. The molecule has 6 heavy (non-hydrogen) atoms. The molecule has 0 aromatic heterocycles. The van der Waals surface area contributed by atoms with Crippen LogP contribution in [0.5, 0.6) is 0 Å². The van der Waals surface area contributed by atoms with Gasteiger partial charge < -0.3 is 4.74 Å². The molecule has 0 spiro atoms. The SMILES string of the molecule is C1CPCCO1. The molecule has 1 aliphatic heterocycles. The zero-order chi connectivity index (χ0) is 4.24. The molecule has 1 rings (SSSR count). The third kappa shape index (κ3) is 1.24. The van der Waals surface area contributed by atoms with Gasteiger partial charge in [-0.15, -0.1) is 8.58 Å². The van der Waals surface area contributed by atoms with Crippen LogP contribution in [0.2, 0.25) is 0 Å². The van der Waals surface area contributed by atoms with Gasteiger partial charge in [-0.2, -0.15) is 0 Å². The highest BCUT2D eigenvalue weighted by Crippen LogP contribution is 2.11. The first-order chi connectivity index (χ1) is 3.00. The molecule has 0 bridgehead atoms. The van der Waals surface area contributed by atoms with Crippen molar-refractivity contribution in [1.29, 1.82) is 0 Å². The Morgan fingerprint density at radius 2 is 1.83 bits per heavy atom. The number of ether oxygens (including phenoxy) is 1. The lowest BCUT2D eigenvalue weighted by molar-refractivity contribution is 0.159. The average Bonchev–Trinajstić information content (AvgIpc) is 1.72. The van der Waals surface area contributed by atoms with Crippen LogP contribution < -0.4 is 0 Å². The Labute approximate surface area is 39.9 Å². The Balaban J connectivity index is 2.00. The topological polar surface area (TPSA) is 9.23 Å². The number of rotatable bonds is 0. The van der Waals surface area contributed by atoms with E-state index < -0.39 is 0 Å². The predicted octanol–water partition coefficient (Wildman–Crippen LogP) is 0.695. The zero-order valence-corrected chi connectivity index (χ0v) is 4.74. The van der Waals surface area contributed by atoms with E-state index in [1.807, 2.05) is 0 Å². The van der Waals surface area contributed by atoms with Crippen molar-refractivity contribution in [2.24, 2.45) is 0 Å². The van der Waals surface area contributed by atoms with E-state index in [0.29, 0.717) is 0 Å². The fourth-order valence-electron chi connectivity index (χ4n) is 0.516. The van der Waals surface area contributed by atoms with Gasteiger partial charge in [0.1, 0.15) is 0 Å². The van der Waals surface area contributed by atoms with Crippen molar-refractivity contribution in [3.8, 4) is 0 Å². The largest absolute Gasteiger partial charge is 0.381 e. The van der Waals surface area contributed by atoms with Crippen LogP contribution in [-0.4, -0.2) is 25.5 Å². The van der Waals surface area contributed by atoms with Crippen molar-refractivity contribution >= 4 is 8.58 Å². The summed E-state index contributed by atoms with van der Waals surface area (Å²) in [5.41, 5.74) is 0. The highest BCUT2D eigenvalue weighted by atomic mass is 31.1. The first-order valence-electron chi connectivity index (χ1n) is 2.28. The summed E-state index contributed by atoms with van der Waals surface area (Å²) in [5.74, 6) is 0. The molecule has 0 radical (unpaired) electrons. The van der Waals surface area contributed by atoms with Crippen LogP contribution in [-0.2, 0) is 4.74 Å². The molecule has 1 fully saturated rings. The van der Waals surface area contributed by atoms with Crippen molar-refractivity contribution < 1.29 is 4.74 Å². The van der Waals surface area contributed by atoms with E-state index in [2.05, 4.69) is 0 Å². The van der Waals surface area contributed by atoms with Gasteiger partial charge in [0.15, 0.2) is 0 Å². The summed E-state index contributed by atoms with van der Waals surface area (Å²) in [6.07, 6.45) is 2.61. The van der Waals surface area contributed by atoms with Crippen LogP contribution in [0, 0.1) is 0 Å². The number of hydrogen-bond acceptors (Lipinski definition) is 1. The zero-order valence-electron chi connectivity index (χ0n) is 3.74. The Morgan fingerprint density at radius 1 is 1.17 bits per heavy atom. The van der Waals surface area contributed by atoms with E-state index >= 15 is 0 Å².